The molecular formula is C24H20. The van der Waals surface area contributed by atoms with Crippen molar-refractivity contribution in [3.8, 4) is 0 Å². The van der Waals surface area contributed by atoms with Gasteiger partial charge in [-0.3, -0.25) is 0 Å². The molecule has 3 aromatic rings. The average molecular weight is 308 g/mol. The quantitative estimate of drug-likeness (QED) is 0.515. The Morgan fingerprint density at radius 1 is 0.875 bits per heavy atom. The summed E-state index contributed by atoms with van der Waals surface area (Å²) in [6.45, 7) is 0. The molecule has 1 saturated carbocycles. The maximum Gasteiger partial charge on any atom is -0.00295 e. The fourth-order valence-electron chi connectivity index (χ4n) is 5.54. The predicted molar refractivity (Wildman–Crippen MR) is 103 cm³/mol. The minimum Gasteiger partial charge on any atom is -0.0808 e. The number of hydrogen-bond donors (Lipinski definition) is 0. The largest absolute Gasteiger partial charge is 0.0808 e. The Balaban J connectivity index is 1.79. The zero-order valence-corrected chi connectivity index (χ0v) is 13.7. The van der Waals surface area contributed by atoms with Gasteiger partial charge in [0.2, 0.25) is 0 Å². The van der Waals surface area contributed by atoms with Crippen molar-refractivity contribution in [2.24, 2.45) is 17.8 Å². The standard InChI is InChI=1S/C24H20/c1-5-15-7-3-11-19-22-14-18-10-2-6-16-8-4-12-20(24(16)18)21(22)13-17(9-1)23(15)19/h1,3-5,7-9,11-14,16,18,24H,2,6,10H2. The number of hydrogen-bond acceptors (Lipinski definition) is 0. The average Bonchev–Trinajstić information content (AvgIpc) is 2.64. The highest BCUT2D eigenvalue weighted by Gasteiger charge is 2.37. The Hall–Kier alpha value is -2.34. The molecule has 0 radical (unpaired) electrons. The summed E-state index contributed by atoms with van der Waals surface area (Å²) >= 11 is 0. The Kier molecular flexibility index (Phi) is 2.49. The minimum atomic E-state index is 0.711. The van der Waals surface area contributed by atoms with E-state index in [0.717, 1.165) is 5.92 Å². The maximum absolute atomic E-state index is 2.61. The van der Waals surface area contributed by atoms with Gasteiger partial charge in [0.25, 0.3) is 0 Å². The lowest BCUT2D eigenvalue weighted by atomic mass is 9.62. The number of allylic oxidation sites excluding steroid dienone is 4. The van der Waals surface area contributed by atoms with Crippen LogP contribution in [0.25, 0.3) is 33.2 Å². The van der Waals surface area contributed by atoms with Crippen LogP contribution < -0.4 is 5.22 Å². The summed E-state index contributed by atoms with van der Waals surface area (Å²) in [5.74, 6) is 2.17. The summed E-state index contributed by atoms with van der Waals surface area (Å²) < 4.78 is 0. The summed E-state index contributed by atoms with van der Waals surface area (Å²) in [6, 6.07) is 15.9. The van der Waals surface area contributed by atoms with Crippen LogP contribution in [0.1, 0.15) is 24.8 Å². The van der Waals surface area contributed by atoms with E-state index in [4.69, 9.17) is 0 Å². The molecule has 116 valence electrons. The third-order valence-corrected chi connectivity index (χ3v) is 6.50. The number of fused-ring (bicyclic) bond motifs is 3. The Labute approximate surface area is 142 Å². The molecular weight excluding hydrogens is 288 g/mol. The van der Waals surface area contributed by atoms with E-state index in [2.05, 4.69) is 66.8 Å². The first kappa shape index (κ1) is 13.0. The lowest BCUT2D eigenvalue weighted by molar-refractivity contribution is 0.289. The summed E-state index contributed by atoms with van der Waals surface area (Å²) in [7, 11) is 0. The number of benzene rings is 3. The van der Waals surface area contributed by atoms with Gasteiger partial charge in [-0.05, 0) is 74.6 Å². The molecule has 0 saturated heterocycles. The first-order valence-corrected chi connectivity index (χ1v) is 9.25. The fraction of sp³-hybridized carbons (Fsp3) is 0.250. The van der Waals surface area contributed by atoms with Crippen LogP contribution >= 0.6 is 0 Å². The highest BCUT2D eigenvalue weighted by molar-refractivity contribution is 6.12. The molecule has 3 aliphatic carbocycles. The topological polar surface area (TPSA) is 0 Å². The molecule has 0 bridgehead atoms. The lowest BCUT2D eigenvalue weighted by Gasteiger charge is -2.41. The van der Waals surface area contributed by atoms with Crippen molar-refractivity contribution in [3.63, 3.8) is 0 Å². The first-order valence-electron chi connectivity index (χ1n) is 9.25. The van der Waals surface area contributed by atoms with Gasteiger partial charge in [-0.2, -0.15) is 0 Å². The van der Waals surface area contributed by atoms with E-state index in [-0.39, 0.29) is 0 Å². The molecule has 0 N–H and O–H groups in total. The van der Waals surface area contributed by atoms with Gasteiger partial charge in [0, 0.05) is 0 Å². The van der Waals surface area contributed by atoms with Gasteiger partial charge in [0.15, 0.2) is 0 Å². The smallest absolute Gasteiger partial charge is 0.00295 e. The van der Waals surface area contributed by atoms with Gasteiger partial charge in [0.1, 0.15) is 0 Å². The minimum absolute atomic E-state index is 0.711. The van der Waals surface area contributed by atoms with Crippen molar-refractivity contribution in [2.75, 3.05) is 0 Å². The zero-order chi connectivity index (χ0) is 15.7. The summed E-state index contributed by atoms with van der Waals surface area (Å²) in [4.78, 5) is 0. The Morgan fingerprint density at radius 3 is 2.67 bits per heavy atom. The van der Waals surface area contributed by atoms with Crippen LogP contribution in [0.5, 0.6) is 0 Å². The second-order valence-corrected chi connectivity index (χ2v) is 7.68. The molecule has 3 aromatic carbocycles. The van der Waals surface area contributed by atoms with Crippen LogP contribution in [-0.2, 0) is 0 Å². The molecule has 0 aliphatic heterocycles. The van der Waals surface area contributed by atoms with Crippen molar-refractivity contribution in [1.29, 1.82) is 0 Å². The molecule has 3 atom stereocenters. The van der Waals surface area contributed by atoms with Crippen LogP contribution in [0.3, 0.4) is 0 Å². The molecule has 3 unspecified atom stereocenters. The molecule has 0 spiro atoms. The van der Waals surface area contributed by atoms with Gasteiger partial charge in [-0.25, -0.2) is 0 Å². The van der Waals surface area contributed by atoms with Gasteiger partial charge in [-0.15, -0.1) is 0 Å². The van der Waals surface area contributed by atoms with Crippen molar-refractivity contribution in [2.45, 2.75) is 19.3 Å². The Morgan fingerprint density at radius 2 is 1.71 bits per heavy atom. The van der Waals surface area contributed by atoms with Crippen LogP contribution in [-0.4, -0.2) is 0 Å². The van der Waals surface area contributed by atoms with Gasteiger partial charge in [-0.1, -0.05) is 67.1 Å². The molecule has 1 fully saturated rings. The van der Waals surface area contributed by atoms with Crippen molar-refractivity contribution in [3.05, 3.63) is 71.5 Å². The second kappa shape index (κ2) is 4.60. The molecule has 0 amide bonds. The van der Waals surface area contributed by atoms with E-state index in [1.807, 2.05) is 0 Å². The third-order valence-electron chi connectivity index (χ3n) is 6.50. The molecule has 0 heteroatoms. The van der Waals surface area contributed by atoms with Crippen molar-refractivity contribution >= 4 is 33.2 Å². The van der Waals surface area contributed by atoms with E-state index in [1.165, 1.54) is 51.6 Å². The van der Waals surface area contributed by atoms with Gasteiger partial charge < -0.3 is 0 Å². The molecule has 0 aromatic heterocycles. The molecule has 0 nitrogen and oxygen atoms in total. The van der Waals surface area contributed by atoms with Gasteiger partial charge in [0.05, 0.1) is 0 Å². The monoisotopic (exact) mass is 308 g/mol. The number of rotatable bonds is 0. The molecule has 6 rings (SSSR count). The first-order chi connectivity index (χ1) is 11.9. The fourth-order valence-corrected chi connectivity index (χ4v) is 5.54. The SMILES string of the molecule is C1=CC2CCCC3C=c4c(cc5cccc6cccc4c65)C(=C1)C23. The molecule has 3 aliphatic rings. The van der Waals surface area contributed by atoms with Crippen molar-refractivity contribution in [1.82, 2.24) is 0 Å². The normalized spacial score (nSPS) is 27.5. The van der Waals surface area contributed by atoms with E-state index in [1.54, 1.807) is 5.57 Å². The second-order valence-electron chi connectivity index (χ2n) is 7.68. The van der Waals surface area contributed by atoms with E-state index in [9.17, 15) is 0 Å². The highest BCUT2D eigenvalue weighted by atomic mass is 14.4. The Bertz CT molecular complexity index is 1090. The maximum atomic E-state index is 2.61. The van der Waals surface area contributed by atoms with Crippen LogP contribution in [0.2, 0.25) is 0 Å². The van der Waals surface area contributed by atoms with Crippen LogP contribution in [0, 0.1) is 17.8 Å². The summed E-state index contributed by atoms with van der Waals surface area (Å²) in [5.41, 5.74) is 3.08. The molecule has 24 heavy (non-hydrogen) atoms. The van der Waals surface area contributed by atoms with Crippen LogP contribution in [0.4, 0.5) is 0 Å². The third kappa shape index (κ3) is 1.59. The lowest BCUT2D eigenvalue weighted by Crippen LogP contribution is -2.35. The van der Waals surface area contributed by atoms with Crippen molar-refractivity contribution < 1.29 is 0 Å². The summed E-state index contributed by atoms with van der Waals surface area (Å²) in [6.07, 6.45) is 13.8. The predicted octanol–water partition coefficient (Wildman–Crippen LogP) is 5.49. The zero-order valence-electron chi connectivity index (χ0n) is 13.7. The van der Waals surface area contributed by atoms with Crippen LogP contribution in [0.15, 0.2) is 60.7 Å². The van der Waals surface area contributed by atoms with E-state index >= 15 is 0 Å². The summed E-state index contributed by atoms with van der Waals surface area (Å²) in [5, 5.41) is 7.12. The van der Waals surface area contributed by atoms with Gasteiger partial charge >= 0.3 is 0 Å². The molecule has 0 heterocycles. The van der Waals surface area contributed by atoms with E-state index in [0.29, 0.717) is 11.8 Å². The highest BCUT2D eigenvalue weighted by Crippen LogP contribution is 2.48. The van der Waals surface area contributed by atoms with E-state index < -0.39 is 0 Å².